The smallest absolute Gasteiger partial charge is 0.335 e. The van der Waals surface area contributed by atoms with Crippen LogP contribution in [0.25, 0.3) is 0 Å². The second-order valence-corrected chi connectivity index (χ2v) is 7.78. The summed E-state index contributed by atoms with van der Waals surface area (Å²) >= 11 is -0.750. The van der Waals surface area contributed by atoms with Crippen LogP contribution >= 0.6 is 12.4 Å². The summed E-state index contributed by atoms with van der Waals surface area (Å²) in [5.74, 6) is 0.0526. The van der Waals surface area contributed by atoms with Crippen LogP contribution in [0.1, 0.15) is 42.9 Å². The molecular weight excluding hydrogens is 477 g/mol. The standard InChI is InChI=1S/C23H26FN5.CH4.ClH.O2S/c1-17(18-2-4-19(24)5-3-18)12-20-14-23(29-10-8-25-9-11-29)15-21(28-20)13-22-16-26-6-7-27-22;;;1-3-2/h2-7,14-17,25H,8-13H2,1H3;1H4;1H;/t17-;;;/m1.../s1. The third kappa shape index (κ3) is 8.89. The van der Waals surface area contributed by atoms with Gasteiger partial charge in [-0.2, -0.15) is 8.42 Å². The van der Waals surface area contributed by atoms with E-state index in [9.17, 15) is 4.39 Å². The Bertz CT molecular complexity index is 1030. The minimum atomic E-state index is -0.750. The Labute approximate surface area is 210 Å². The molecule has 34 heavy (non-hydrogen) atoms. The lowest BCUT2D eigenvalue weighted by Crippen LogP contribution is -2.43. The Morgan fingerprint density at radius 3 is 2.32 bits per heavy atom. The maximum Gasteiger partial charge on any atom is 0.335 e. The lowest BCUT2D eigenvalue weighted by atomic mass is 9.95. The normalized spacial score (nSPS) is 13.4. The van der Waals surface area contributed by atoms with E-state index in [1.54, 1.807) is 18.6 Å². The number of benzene rings is 1. The van der Waals surface area contributed by atoms with Crippen molar-refractivity contribution in [2.45, 2.75) is 33.1 Å². The molecule has 1 aromatic carbocycles. The van der Waals surface area contributed by atoms with E-state index in [2.05, 4.69) is 39.2 Å². The highest BCUT2D eigenvalue weighted by Gasteiger charge is 2.15. The average molecular weight is 508 g/mol. The average Bonchev–Trinajstić information content (AvgIpc) is 2.81. The SMILES string of the molecule is C.C[C@H](Cc1cc(N2CCNCC2)cc(Cc2cnccn2)n1)c1ccc(F)cc1.Cl.O=S=O. The van der Waals surface area contributed by atoms with Gasteiger partial charge in [0.15, 0.2) is 0 Å². The van der Waals surface area contributed by atoms with Crippen molar-refractivity contribution in [3.8, 4) is 0 Å². The van der Waals surface area contributed by atoms with Gasteiger partial charge in [0.1, 0.15) is 5.82 Å². The number of hydrogen-bond acceptors (Lipinski definition) is 7. The highest BCUT2D eigenvalue weighted by Crippen LogP contribution is 2.24. The first kappa shape index (κ1) is 29.3. The Morgan fingerprint density at radius 2 is 1.71 bits per heavy atom. The van der Waals surface area contributed by atoms with Crippen molar-refractivity contribution >= 4 is 29.7 Å². The minimum Gasteiger partial charge on any atom is -0.369 e. The molecule has 3 aromatic rings. The van der Waals surface area contributed by atoms with E-state index in [0.29, 0.717) is 6.42 Å². The fourth-order valence-corrected chi connectivity index (χ4v) is 3.76. The zero-order valence-corrected chi connectivity index (χ0v) is 19.9. The number of pyridine rings is 1. The quantitative estimate of drug-likeness (QED) is 0.543. The van der Waals surface area contributed by atoms with Crippen LogP contribution in [0.4, 0.5) is 10.1 Å². The monoisotopic (exact) mass is 507 g/mol. The van der Waals surface area contributed by atoms with Gasteiger partial charge < -0.3 is 10.2 Å². The summed E-state index contributed by atoms with van der Waals surface area (Å²) in [6.07, 6.45) is 6.65. The highest BCUT2D eigenvalue weighted by atomic mass is 35.5. The number of nitrogens with one attached hydrogen (secondary N) is 1. The summed E-state index contributed by atoms with van der Waals surface area (Å²) in [6, 6.07) is 11.1. The highest BCUT2D eigenvalue weighted by molar-refractivity contribution is 7.51. The molecule has 7 nitrogen and oxygen atoms in total. The molecule has 3 heterocycles. The minimum absolute atomic E-state index is 0. The molecule has 1 saturated heterocycles. The van der Waals surface area contributed by atoms with Crippen molar-refractivity contribution in [3.63, 3.8) is 0 Å². The van der Waals surface area contributed by atoms with Gasteiger partial charge >= 0.3 is 11.6 Å². The predicted molar refractivity (Wildman–Crippen MR) is 136 cm³/mol. The molecule has 1 fully saturated rings. The van der Waals surface area contributed by atoms with Crippen LogP contribution in [0.5, 0.6) is 0 Å². The lowest BCUT2D eigenvalue weighted by molar-refractivity contribution is 0.588. The molecule has 1 atom stereocenters. The van der Waals surface area contributed by atoms with E-state index < -0.39 is 11.6 Å². The molecule has 10 heteroatoms. The molecule has 0 saturated carbocycles. The summed E-state index contributed by atoms with van der Waals surface area (Å²) in [6.45, 7) is 6.12. The first-order valence-electron chi connectivity index (χ1n) is 10.5. The second-order valence-electron chi connectivity index (χ2n) is 7.64. The fraction of sp³-hybridized carbons (Fsp3) is 0.375. The first-order valence-corrected chi connectivity index (χ1v) is 11.1. The van der Waals surface area contributed by atoms with Crippen molar-refractivity contribution in [1.82, 2.24) is 20.3 Å². The van der Waals surface area contributed by atoms with Gasteiger partial charge in [-0.1, -0.05) is 26.5 Å². The second kappa shape index (κ2) is 15.2. The number of hydrogen-bond donors (Lipinski definition) is 1. The first-order chi connectivity index (χ1) is 15.6. The fourth-order valence-electron chi connectivity index (χ4n) is 3.76. The molecule has 0 spiro atoms. The third-order valence-electron chi connectivity index (χ3n) is 5.33. The maximum absolute atomic E-state index is 13.3. The molecule has 0 radical (unpaired) electrons. The van der Waals surface area contributed by atoms with Crippen molar-refractivity contribution in [2.24, 2.45) is 0 Å². The van der Waals surface area contributed by atoms with Crippen LogP contribution in [0.2, 0.25) is 0 Å². The van der Waals surface area contributed by atoms with Crippen LogP contribution in [-0.4, -0.2) is 49.5 Å². The van der Waals surface area contributed by atoms with Gasteiger partial charge in [0.05, 0.1) is 5.69 Å². The van der Waals surface area contributed by atoms with Crippen molar-refractivity contribution in [3.05, 3.63) is 83.5 Å². The van der Waals surface area contributed by atoms with E-state index in [1.807, 2.05) is 12.1 Å². The molecule has 1 N–H and O–H groups in total. The summed E-state index contributed by atoms with van der Waals surface area (Å²) in [5, 5.41) is 3.41. The van der Waals surface area contributed by atoms with Crippen molar-refractivity contribution in [2.75, 3.05) is 31.1 Å². The van der Waals surface area contributed by atoms with Gasteiger partial charge in [-0.25, -0.2) is 4.39 Å². The molecule has 2 aromatic heterocycles. The Kier molecular flexibility index (Phi) is 13.1. The van der Waals surface area contributed by atoms with E-state index in [1.165, 1.54) is 17.8 Å². The Balaban J connectivity index is 0.00000110. The number of piperazine rings is 1. The molecule has 1 aliphatic heterocycles. The summed E-state index contributed by atoms with van der Waals surface area (Å²) in [7, 11) is 0. The molecular formula is C24H31ClFN5O2S. The van der Waals surface area contributed by atoms with Gasteiger partial charge in [-0.05, 0) is 42.2 Å². The third-order valence-corrected chi connectivity index (χ3v) is 5.33. The molecule has 0 bridgehead atoms. The van der Waals surface area contributed by atoms with Crippen LogP contribution in [0.3, 0.4) is 0 Å². The molecule has 1 aliphatic rings. The van der Waals surface area contributed by atoms with Crippen molar-refractivity contribution in [1.29, 1.82) is 0 Å². The van der Waals surface area contributed by atoms with Gasteiger partial charge in [0.2, 0.25) is 0 Å². The van der Waals surface area contributed by atoms with Gasteiger partial charge in [-0.3, -0.25) is 15.0 Å². The van der Waals surface area contributed by atoms with Gasteiger partial charge in [-0.15, -0.1) is 12.4 Å². The molecule has 0 unspecified atom stereocenters. The van der Waals surface area contributed by atoms with E-state index in [4.69, 9.17) is 13.4 Å². The zero-order chi connectivity index (χ0) is 22.8. The summed E-state index contributed by atoms with van der Waals surface area (Å²) in [4.78, 5) is 15.9. The van der Waals surface area contributed by atoms with E-state index >= 15 is 0 Å². The van der Waals surface area contributed by atoms with Crippen LogP contribution in [0.15, 0.2) is 55.0 Å². The molecule has 0 amide bonds. The zero-order valence-electron chi connectivity index (χ0n) is 18.3. The number of nitrogens with zero attached hydrogens (tertiary/aromatic N) is 4. The van der Waals surface area contributed by atoms with Crippen LogP contribution < -0.4 is 10.2 Å². The molecule has 4 rings (SSSR count). The number of aromatic nitrogens is 3. The maximum atomic E-state index is 13.3. The van der Waals surface area contributed by atoms with Gasteiger partial charge in [0, 0.05) is 68.3 Å². The van der Waals surface area contributed by atoms with E-state index in [0.717, 1.165) is 55.2 Å². The molecule has 0 aliphatic carbocycles. The summed E-state index contributed by atoms with van der Waals surface area (Å²) < 4.78 is 29.8. The van der Waals surface area contributed by atoms with E-state index in [-0.39, 0.29) is 31.6 Å². The van der Waals surface area contributed by atoms with Crippen molar-refractivity contribution < 1.29 is 12.8 Å². The number of anilines is 1. The number of rotatable bonds is 6. The lowest BCUT2D eigenvalue weighted by Gasteiger charge is -2.30. The number of halogens is 2. The largest absolute Gasteiger partial charge is 0.369 e. The van der Waals surface area contributed by atoms with Gasteiger partial charge in [0.25, 0.3) is 0 Å². The topological polar surface area (TPSA) is 88.1 Å². The Hall–Kier alpha value is -2.75. The summed E-state index contributed by atoms with van der Waals surface area (Å²) in [5.41, 5.74) is 5.30. The predicted octanol–water partition coefficient (Wildman–Crippen LogP) is 3.75. The van der Waals surface area contributed by atoms with Crippen LogP contribution in [-0.2, 0) is 24.4 Å². The van der Waals surface area contributed by atoms with Crippen LogP contribution in [0, 0.1) is 5.82 Å². The molecule has 184 valence electrons. The Morgan fingerprint density at radius 1 is 1.06 bits per heavy atom.